The molecule has 1 fully saturated rings. The molecule has 1 nitrogen and oxygen atoms in total. The van der Waals surface area contributed by atoms with Crippen molar-refractivity contribution in [2.24, 2.45) is 0 Å². The Balaban J connectivity index is 1.80. The molecular weight excluding hydrogens is 148 g/mol. The predicted molar refractivity (Wildman–Crippen MR) is 49.1 cm³/mol. The van der Waals surface area contributed by atoms with Gasteiger partial charge in [0, 0.05) is 0 Å². The molecule has 0 bridgehead atoms. The van der Waals surface area contributed by atoms with E-state index in [0.29, 0.717) is 12.2 Å². The van der Waals surface area contributed by atoms with E-state index in [2.05, 4.69) is 37.3 Å². The monoisotopic (exact) mass is 162 g/mol. The molecule has 0 aliphatic carbocycles. The highest BCUT2D eigenvalue weighted by molar-refractivity contribution is 5.15. The summed E-state index contributed by atoms with van der Waals surface area (Å²) in [6.07, 6.45) is 3.36. The lowest BCUT2D eigenvalue weighted by Gasteiger charge is -1.96. The number of ether oxygens (including phenoxy) is 1. The van der Waals surface area contributed by atoms with Crippen molar-refractivity contribution in [2.75, 3.05) is 0 Å². The number of rotatable bonds is 3. The normalized spacial score (nSPS) is 27.1. The van der Waals surface area contributed by atoms with Crippen molar-refractivity contribution in [2.45, 2.75) is 32.0 Å². The maximum absolute atomic E-state index is 5.34. The molecule has 1 aliphatic rings. The quantitative estimate of drug-likeness (QED) is 0.622. The molecule has 0 unspecified atom stereocenters. The molecule has 0 saturated carbocycles. The topological polar surface area (TPSA) is 12.5 Å². The average molecular weight is 162 g/mol. The minimum absolute atomic E-state index is 0.508. The van der Waals surface area contributed by atoms with Crippen LogP contribution in [0.5, 0.6) is 0 Å². The van der Waals surface area contributed by atoms with E-state index in [4.69, 9.17) is 4.74 Å². The molecule has 1 aromatic rings. The number of hydrogen-bond acceptors (Lipinski definition) is 1. The van der Waals surface area contributed by atoms with Gasteiger partial charge in [0.25, 0.3) is 0 Å². The van der Waals surface area contributed by atoms with Crippen molar-refractivity contribution in [3.05, 3.63) is 35.9 Å². The molecule has 1 heteroatoms. The third-order valence-electron chi connectivity index (χ3n) is 2.40. The van der Waals surface area contributed by atoms with Crippen molar-refractivity contribution in [1.82, 2.24) is 0 Å². The van der Waals surface area contributed by atoms with Crippen molar-refractivity contribution in [1.29, 1.82) is 0 Å². The van der Waals surface area contributed by atoms with Gasteiger partial charge in [-0.15, -0.1) is 0 Å². The van der Waals surface area contributed by atoms with E-state index in [0.717, 1.165) is 6.42 Å². The van der Waals surface area contributed by atoms with E-state index in [1.807, 2.05) is 0 Å². The molecule has 12 heavy (non-hydrogen) atoms. The standard InChI is InChI=1S/C11H14O/c1-9-11(12-9)8-7-10-5-3-2-4-6-10/h2-6,9,11H,7-8H2,1H3/t9-,11+/m1/s1. The lowest BCUT2D eigenvalue weighted by molar-refractivity contribution is 0.370. The Kier molecular flexibility index (Phi) is 2.13. The Morgan fingerprint density at radius 2 is 1.92 bits per heavy atom. The summed E-state index contributed by atoms with van der Waals surface area (Å²) < 4.78 is 5.34. The van der Waals surface area contributed by atoms with Gasteiger partial charge >= 0.3 is 0 Å². The number of benzene rings is 1. The zero-order valence-electron chi connectivity index (χ0n) is 7.36. The van der Waals surface area contributed by atoms with Gasteiger partial charge in [0.2, 0.25) is 0 Å². The van der Waals surface area contributed by atoms with Crippen LogP contribution in [0, 0.1) is 0 Å². The van der Waals surface area contributed by atoms with Gasteiger partial charge in [0.15, 0.2) is 0 Å². The third-order valence-corrected chi connectivity index (χ3v) is 2.40. The van der Waals surface area contributed by atoms with Crippen LogP contribution in [0.1, 0.15) is 18.9 Å². The summed E-state index contributed by atoms with van der Waals surface area (Å²) in [5, 5.41) is 0. The fraction of sp³-hybridized carbons (Fsp3) is 0.455. The fourth-order valence-corrected chi connectivity index (χ4v) is 1.49. The Morgan fingerprint density at radius 1 is 1.25 bits per heavy atom. The first-order valence-electron chi connectivity index (χ1n) is 4.55. The Hall–Kier alpha value is -0.820. The lowest BCUT2D eigenvalue weighted by Crippen LogP contribution is -1.93. The minimum Gasteiger partial charge on any atom is -0.370 e. The number of epoxide rings is 1. The highest BCUT2D eigenvalue weighted by atomic mass is 16.6. The number of hydrogen-bond donors (Lipinski definition) is 0. The average Bonchev–Trinajstić information content (AvgIpc) is 2.81. The van der Waals surface area contributed by atoms with Crippen LogP contribution in [0.2, 0.25) is 0 Å². The second-order valence-electron chi connectivity index (χ2n) is 3.40. The smallest absolute Gasteiger partial charge is 0.0842 e. The molecule has 2 rings (SSSR count). The van der Waals surface area contributed by atoms with Crippen LogP contribution >= 0.6 is 0 Å². The molecule has 0 amide bonds. The first-order chi connectivity index (χ1) is 5.86. The van der Waals surface area contributed by atoms with Gasteiger partial charge in [0.1, 0.15) is 0 Å². The van der Waals surface area contributed by atoms with Crippen LogP contribution in [0.3, 0.4) is 0 Å². The van der Waals surface area contributed by atoms with Crippen LogP contribution in [-0.4, -0.2) is 12.2 Å². The Labute approximate surface area is 73.4 Å². The van der Waals surface area contributed by atoms with Crippen LogP contribution in [0.25, 0.3) is 0 Å². The van der Waals surface area contributed by atoms with E-state index in [9.17, 15) is 0 Å². The van der Waals surface area contributed by atoms with Gasteiger partial charge in [-0.1, -0.05) is 30.3 Å². The predicted octanol–water partition coefficient (Wildman–Crippen LogP) is 2.41. The first-order valence-corrected chi connectivity index (χ1v) is 4.55. The molecule has 1 aliphatic heterocycles. The van der Waals surface area contributed by atoms with Gasteiger partial charge in [-0.3, -0.25) is 0 Å². The highest BCUT2D eigenvalue weighted by Gasteiger charge is 2.32. The van der Waals surface area contributed by atoms with Crippen LogP contribution in [0.4, 0.5) is 0 Å². The molecule has 0 N–H and O–H groups in total. The molecule has 1 heterocycles. The van der Waals surface area contributed by atoms with Gasteiger partial charge < -0.3 is 4.74 Å². The van der Waals surface area contributed by atoms with Gasteiger partial charge in [0.05, 0.1) is 12.2 Å². The molecule has 1 aromatic carbocycles. The van der Waals surface area contributed by atoms with E-state index in [1.165, 1.54) is 12.0 Å². The van der Waals surface area contributed by atoms with Crippen LogP contribution in [-0.2, 0) is 11.2 Å². The van der Waals surface area contributed by atoms with Crippen LogP contribution < -0.4 is 0 Å². The summed E-state index contributed by atoms with van der Waals surface area (Å²) >= 11 is 0. The second kappa shape index (κ2) is 3.28. The number of aryl methyl sites for hydroxylation is 1. The molecule has 0 radical (unpaired) electrons. The molecule has 0 aromatic heterocycles. The molecule has 2 atom stereocenters. The molecule has 0 spiro atoms. The molecule has 64 valence electrons. The zero-order valence-corrected chi connectivity index (χ0v) is 7.36. The summed E-state index contributed by atoms with van der Waals surface area (Å²) in [7, 11) is 0. The summed E-state index contributed by atoms with van der Waals surface area (Å²) in [4.78, 5) is 0. The first kappa shape index (κ1) is 7.81. The summed E-state index contributed by atoms with van der Waals surface area (Å²) in [5.41, 5.74) is 1.42. The van der Waals surface area contributed by atoms with E-state index in [1.54, 1.807) is 0 Å². The fourth-order valence-electron chi connectivity index (χ4n) is 1.49. The van der Waals surface area contributed by atoms with E-state index < -0.39 is 0 Å². The van der Waals surface area contributed by atoms with E-state index >= 15 is 0 Å². The van der Waals surface area contributed by atoms with Crippen LogP contribution in [0.15, 0.2) is 30.3 Å². The Morgan fingerprint density at radius 3 is 2.50 bits per heavy atom. The van der Waals surface area contributed by atoms with Crippen molar-refractivity contribution in [3.63, 3.8) is 0 Å². The maximum Gasteiger partial charge on any atom is 0.0842 e. The zero-order chi connectivity index (χ0) is 8.39. The highest BCUT2D eigenvalue weighted by Crippen LogP contribution is 2.25. The summed E-state index contributed by atoms with van der Waals surface area (Å²) in [6.45, 7) is 2.13. The third kappa shape index (κ3) is 1.86. The van der Waals surface area contributed by atoms with Crippen molar-refractivity contribution >= 4 is 0 Å². The lowest BCUT2D eigenvalue weighted by atomic mass is 10.1. The molecule has 1 saturated heterocycles. The summed E-state index contributed by atoms with van der Waals surface area (Å²) in [5.74, 6) is 0. The minimum atomic E-state index is 0.508. The van der Waals surface area contributed by atoms with Gasteiger partial charge in [-0.05, 0) is 25.3 Å². The van der Waals surface area contributed by atoms with Gasteiger partial charge in [-0.2, -0.15) is 0 Å². The SMILES string of the molecule is C[C@H]1O[C@H]1CCc1ccccc1. The maximum atomic E-state index is 5.34. The van der Waals surface area contributed by atoms with E-state index in [-0.39, 0.29) is 0 Å². The molecular formula is C11H14O. The Bertz CT molecular complexity index is 242. The van der Waals surface area contributed by atoms with Crippen molar-refractivity contribution < 1.29 is 4.74 Å². The second-order valence-corrected chi connectivity index (χ2v) is 3.40. The van der Waals surface area contributed by atoms with Gasteiger partial charge in [-0.25, -0.2) is 0 Å². The summed E-state index contributed by atoms with van der Waals surface area (Å²) in [6, 6.07) is 10.6. The van der Waals surface area contributed by atoms with Crippen molar-refractivity contribution in [3.8, 4) is 0 Å². The largest absolute Gasteiger partial charge is 0.370 e.